The third-order valence-corrected chi connectivity index (χ3v) is 6.29. The van der Waals surface area contributed by atoms with Crippen LogP contribution >= 0.6 is 0 Å². The lowest BCUT2D eigenvalue weighted by Crippen LogP contribution is -2.59. The average molecular weight is 347 g/mol. The number of phenols is 1. The predicted molar refractivity (Wildman–Crippen MR) is 91.7 cm³/mol. The quantitative estimate of drug-likeness (QED) is 0.738. The molecular weight excluding hydrogens is 322 g/mol. The number of piperidine rings is 1. The van der Waals surface area contributed by atoms with E-state index in [9.17, 15) is 15.3 Å². The second-order valence-corrected chi connectivity index (χ2v) is 7.38. The van der Waals surface area contributed by atoms with Crippen molar-refractivity contribution >= 4 is 0 Å². The summed E-state index contributed by atoms with van der Waals surface area (Å²) in [4.78, 5) is 2.27. The second-order valence-electron chi connectivity index (χ2n) is 7.38. The van der Waals surface area contributed by atoms with E-state index in [0.29, 0.717) is 17.9 Å². The number of aliphatic hydroxyl groups excluding tert-OH is 2. The Hall–Kier alpha value is -1.76. The molecule has 6 heteroatoms. The van der Waals surface area contributed by atoms with Crippen LogP contribution in [0.4, 0.5) is 0 Å². The van der Waals surface area contributed by atoms with Gasteiger partial charge in [0.25, 0.3) is 0 Å². The van der Waals surface area contributed by atoms with Crippen molar-refractivity contribution in [3.63, 3.8) is 0 Å². The number of hydrogen-bond acceptors (Lipinski definition) is 6. The summed E-state index contributed by atoms with van der Waals surface area (Å²) in [5.41, 5.74) is 2.36. The summed E-state index contributed by atoms with van der Waals surface area (Å²) in [6.07, 6.45) is -0.111. The summed E-state index contributed by atoms with van der Waals surface area (Å²) in [5.74, 6) is 1.02. The SMILES string of the molecule is COC1=C2C3Cc4ccc(OC)c(O)c4C2(CCN3C)CC(O)C1O. The van der Waals surface area contributed by atoms with Gasteiger partial charge in [0.2, 0.25) is 0 Å². The van der Waals surface area contributed by atoms with Crippen LogP contribution in [0.3, 0.4) is 0 Å². The van der Waals surface area contributed by atoms with Crippen LogP contribution < -0.4 is 4.74 Å². The van der Waals surface area contributed by atoms with Crippen molar-refractivity contribution in [2.24, 2.45) is 0 Å². The summed E-state index contributed by atoms with van der Waals surface area (Å²) in [7, 11) is 5.14. The summed E-state index contributed by atoms with van der Waals surface area (Å²) in [5, 5.41) is 31.9. The molecule has 4 rings (SSSR count). The first-order valence-electron chi connectivity index (χ1n) is 8.68. The van der Waals surface area contributed by atoms with E-state index in [4.69, 9.17) is 9.47 Å². The zero-order valence-corrected chi connectivity index (χ0v) is 14.8. The number of benzene rings is 1. The molecule has 0 radical (unpaired) electrons. The molecule has 1 aromatic carbocycles. The number of likely N-dealkylation sites (N-methyl/N-ethyl adjacent to an activating group) is 1. The van der Waals surface area contributed by atoms with Gasteiger partial charge in [-0.25, -0.2) is 0 Å². The van der Waals surface area contributed by atoms with E-state index in [-0.39, 0.29) is 11.8 Å². The number of methoxy groups -OCH3 is 2. The highest BCUT2D eigenvalue weighted by Gasteiger charge is 2.57. The average Bonchev–Trinajstić information content (AvgIpc) is 2.59. The van der Waals surface area contributed by atoms with Crippen molar-refractivity contribution in [3.8, 4) is 11.5 Å². The second kappa shape index (κ2) is 5.62. The maximum Gasteiger partial charge on any atom is 0.162 e. The van der Waals surface area contributed by atoms with Crippen LogP contribution in [0.15, 0.2) is 23.5 Å². The van der Waals surface area contributed by atoms with Crippen molar-refractivity contribution in [2.45, 2.75) is 42.9 Å². The van der Waals surface area contributed by atoms with Gasteiger partial charge in [0.1, 0.15) is 11.9 Å². The van der Waals surface area contributed by atoms with Crippen LogP contribution in [0.1, 0.15) is 24.0 Å². The summed E-state index contributed by atoms with van der Waals surface area (Å²) < 4.78 is 10.9. The van der Waals surface area contributed by atoms with Crippen LogP contribution in [-0.4, -0.2) is 66.3 Å². The Balaban J connectivity index is 2.05. The molecule has 1 heterocycles. The number of ether oxygens (including phenoxy) is 2. The lowest BCUT2D eigenvalue weighted by atomic mass is 9.55. The van der Waals surface area contributed by atoms with E-state index in [0.717, 1.165) is 36.1 Å². The van der Waals surface area contributed by atoms with Gasteiger partial charge in [0.05, 0.1) is 20.3 Å². The Morgan fingerprint density at radius 3 is 2.64 bits per heavy atom. The molecule has 3 aliphatic rings. The first kappa shape index (κ1) is 16.7. The van der Waals surface area contributed by atoms with Crippen molar-refractivity contribution in [1.29, 1.82) is 0 Å². The molecule has 4 unspecified atom stereocenters. The number of fused-ring (bicyclic) bond motifs is 1. The molecule has 0 saturated carbocycles. The fourth-order valence-corrected chi connectivity index (χ4v) is 5.15. The third-order valence-electron chi connectivity index (χ3n) is 6.29. The largest absolute Gasteiger partial charge is 0.504 e. The van der Waals surface area contributed by atoms with Crippen LogP contribution in [0.2, 0.25) is 0 Å². The molecule has 0 aromatic heterocycles. The molecule has 1 aliphatic heterocycles. The van der Waals surface area contributed by atoms with Crippen molar-refractivity contribution in [1.82, 2.24) is 4.90 Å². The van der Waals surface area contributed by atoms with Gasteiger partial charge in [-0.1, -0.05) is 6.07 Å². The highest BCUT2D eigenvalue weighted by molar-refractivity contribution is 5.62. The van der Waals surface area contributed by atoms with E-state index in [1.165, 1.54) is 14.2 Å². The van der Waals surface area contributed by atoms with Crippen LogP contribution in [0.5, 0.6) is 11.5 Å². The van der Waals surface area contributed by atoms with E-state index in [2.05, 4.69) is 11.9 Å². The standard InChI is InChI=1S/C19H25NO5/c1-20-7-6-19-9-12(21)16(22)18(25-3)15(19)11(20)8-10-4-5-13(24-2)17(23)14(10)19/h4-5,11-12,16,21-23H,6-9H2,1-3H3. The normalized spacial score (nSPS) is 34.4. The predicted octanol–water partition coefficient (Wildman–Crippen LogP) is 0.925. The molecule has 1 saturated heterocycles. The summed E-state index contributed by atoms with van der Waals surface area (Å²) in [6, 6.07) is 3.88. The molecule has 2 bridgehead atoms. The zero-order chi connectivity index (χ0) is 17.9. The number of aromatic hydroxyl groups is 1. The Morgan fingerprint density at radius 2 is 1.96 bits per heavy atom. The fourth-order valence-electron chi connectivity index (χ4n) is 5.15. The molecule has 1 fully saturated rings. The third kappa shape index (κ3) is 2.08. The van der Waals surface area contributed by atoms with Crippen molar-refractivity contribution in [3.05, 3.63) is 34.6 Å². The topological polar surface area (TPSA) is 82.4 Å². The molecule has 2 aliphatic carbocycles. The molecule has 3 N–H and O–H groups in total. The molecular formula is C19H25NO5. The first-order valence-corrected chi connectivity index (χ1v) is 8.68. The van der Waals surface area contributed by atoms with E-state index >= 15 is 0 Å². The summed E-state index contributed by atoms with van der Waals surface area (Å²) >= 11 is 0. The Bertz CT molecular complexity index is 746. The molecule has 0 spiro atoms. The van der Waals surface area contributed by atoms with Crippen molar-refractivity contribution in [2.75, 3.05) is 27.8 Å². The van der Waals surface area contributed by atoms with E-state index in [1.807, 2.05) is 6.07 Å². The van der Waals surface area contributed by atoms with Crippen LogP contribution in [0, 0.1) is 0 Å². The number of hydrogen-bond donors (Lipinski definition) is 3. The van der Waals surface area contributed by atoms with Gasteiger partial charge >= 0.3 is 0 Å². The van der Waals surface area contributed by atoms with Crippen LogP contribution in [0.25, 0.3) is 0 Å². The van der Waals surface area contributed by atoms with Gasteiger partial charge < -0.3 is 24.8 Å². The molecule has 25 heavy (non-hydrogen) atoms. The molecule has 1 aromatic rings. The lowest BCUT2D eigenvalue weighted by molar-refractivity contribution is -0.0334. The van der Waals surface area contributed by atoms with E-state index < -0.39 is 17.6 Å². The lowest BCUT2D eigenvalue weighted by Gasteiger charge is -2.56. The number of aliphatic hydroxyl groups is 2. The molecule has 4 atom stereocenters. The Kier molecular flexibility index (Phi) is 3.76. The Labute approximate surface area is 147 Å². The highest BCUT2D eigenvalue weighted by Crippen LogP contribution is 2.58. The van der Waals surface area contributed by atoms with Gasteiger partial charge in [-0.3, -0.25) is 4.90 Å². The van der Waals surface area contributed by atoms with Crippen molar-refractivity contribution < 1.29 is 24.8 Å². The van der Waals surface area contributed by atoms with E-state index in [1.54, 1.807) is 6.07 Å². The van der Waals surface area contributed by atoms with Gasteiger partial charge in [-0.2, -0.15) is 0 Å². The monoisotopic (exact) mass is 347 g/mol. The maximum absolute atomic E-state index is 10.9. The van der Waals surface area contributed by atoms with Gasteiger partial charge in [0, 0.05) is 17.0 Å². The minimum atomic E-state index is -1.03. The molecule has 136 valence electrons. The molecule has 6 nitrogen and oxygen atoms in total. The van der Waals surface area contributed by atoms with Crippen LogP contribution in [-0.2, 0) is 16.6 Å². The minimum absolute atomic E-state index is 0.0890. The zero-order valence-electron chi connectivity index (χ0n) is 14.8. The van der Waals surface area contributed by atoms with Gasteiger partial charge in [-0.15, -0.1) is 0 Å². The fraction of sp³-hybridized carbons (Fsp3) is 0.579. The maximum atomic E-state index is 10.9. The molecule has 0 amide bonds. The number of nitrogens with zero attached hydrogens (tertiary/aromatic N) is 1. The first-order chi connectivity index (χ1) is 11.9. The van der Waals surface area contributed by atoms with Gasteiger partial charge in [-0.05, 0) is 50.1 Å². The number of likely N-dealkylation sites (tertiary alicyclic amines) is 1. The highest BCUT2D eigenvalue weighted by atomic mass is 16.5. The number of phenolic OH excluding ortho intramolecular Hbond substituents is 1. The van der Waals surface area contributed by atoms with Gasteiger partial charge in [0.15, 0.2) is 11.5 Å². The number of rotatable bonds is 2. The smallest absolute Gasteiger partial charge is 0.162 e. The minimum Gasteiger partial charge on any atom is -0.504 e. The summed E-state index contributed by atoms with van der Waals surface area (Å²) in [6.45, 7) is 0.851. The Morgan fingerprint density at radius 1 is 1.20 bits per heavy atom.